The first kappa shape index (κ1) is 16.4. The highest BCUT2D eigenvalue weighted by Crippen LogP contribution is 2.28. The number of hydrazine groups is 1. The number of methoxy groups -OCH3 is 1. The molecule has 1 aliphatic carbocycles. The van der Waals surface area contributed by atoms with Crippen molar-refractivity contribution >= 4 is 11.6 Å². The monoisotopic (exact) mass is 324 g/mol. The zero-order valence-corrected chi connectivity index (χ0v) is 14.3. The second kappa shape index (κ2) is 7.39. The predicted molar refractivity (Wildman–Crippen MR) is 96.5 cm³/mol. The van der Waals surface area contributed by atoms with Gasteiger partial charge in [-0.1, -0.05) is 24.1 Å². The van der Waals surface area contributed by atoms with E-state index < -0.39 is 0 Å². The molecule has 24 heavy (non-hydrogen) atoms. The summed E-state index contributed by atoms with van der Waals surface area (Å²) < 4.78 is 5.45. The molecule has 0 radical (unpaired) electrons. The molecule has 1 amide bonds. The molecule has 0 spiro atoms. The van der Waals surface area contributed by atoms with Crippen LogP contribution in [0.5, 0.6) is 5.75 Å². The maximum Gasteiger partial charge on any atom is 0.273 e. The third-order valence-electron chi connectivity index (χ3n) is 4.53. The highest BCUT2D eigenvalue weighted by atomic mass is 16.5. The normalized spacial score (nSPS) is 13.6. The van der Waals surface area contributed by atoms with Crippen LogP contribution in [-0.2, 0) is 12.8 Å². The number of carbonyl (C=O) groups is 1. The van der Waals surface area contributed by atoms with Gasteiger partial charge in [0.1, 0.15) is 5.75 Å². The van der Waals surface area contributed by atoms with E-state index in [9.17, 15) is 4.79 Å². The summed E-state index contributed by atoms with van der Waals surface area (Å²) in [6, 6.07) is 11.9. The number of amides is 1. The summed E-state index contributed by atoms with van der Waals surface area (Å²) in [5.41, 5.74) is 10.9. The van der Waals surface area contributed by atoms with Gasteiger partial charge in [-0.05, 0) is 68.0 Å². The minimum atomic E-state index is -0.181. The molecule has 3 rings (SSSR count). The summed E-state index contributed by atoms with van der Waals surface area (Å²) in [6.45, 7) is 2.03. The fourth-order valence-electron chi connectivity index (χ4n) is 3.12. The SMILES string of the molecule is COc1cc2c(cc1C(=O)NNc1ccc(C)cc1)CCCCC2. The number of hydrogen-bond donors (Lipinski definition) is 2. The summed E-state index contributed by atoms with van der Waals surface area (Å²) >= 11 is 0. The van der Waals surface area contributed by atoms with Gasteiger partial charge in [-0.25, -0.2) is 0 Å². The Morgan fingerprint density at radius 2 is 1.67 bits per heavy atom. The number of carbonyl (C=O) groups excluding carboxylic acids is 1. The number of nitrogens with one attached hydrogen (secondary N) is 2. The molecule has 2 aromatic rings. The predicted octanol–water partition coefficient (Wildman–Crippen LogP) is 4.03. The summed E-state index contributed by atoms with van der Waals surface area (Å²) in [4.78, 5) is 12.6. The van der Waals surface area contributed by atoms with E-state index in [1.54, 1.807) is 7.11 Å². The molecule has 2 aromatic carbocycles. The van der Waals surface area contributed by atoms with Gasteiger partial charge in [0.25, 0.3) is 5.91 Å². The van der Waals surface area contributed by atoms with Crippen LogP contribution < -0.4 is 15.6 Å². The zero-order valence-electron chi connectivity index (χ0n) is 14.3. The van der Waals surface area contributed by atoms with Gasteiger partial charge in [-0.3, -0.25) is 15.6 Å². The number of aryl methyl sites for hydroxylation is 3. The third kappa shape index (κ3) is 3.70. The molecule has 4 heteroatoms. The van der Waals surface area contributed by atoms with Crippen molar-refractivity contribution in [3.05, 3.63) is 58.7 Å². The molecule has 0 bridgehead atoms. The van der Waals surface area contributed by atoms with Crippen molar-refractivity contribution in [1.82, 2.24) is 5.43 Å². The maximum absolute atomic E-state index is 12.6. The van der Waals surface area contributed by atoms with Gasteiger partial charge in [0.2, 0.25) is 0 Å². The summed E-state index contributed by atoms with van der Waals surface area (Å²) in [5, 5.41) is 0. The minimum absolute atomic E-state index is 0.181. The van der Waals surface area contributed by atoms with Crippen molar-refractivity contribution in [3.63, 3.8) is 0 Å². The van der Waals surface area contributed by atoms with Crippen LogP contribution in [0.2, 0.25) is 0 Å². The lowest BCUT2D eigenvalue weighted by Crippen LogP contribution is -2.29. The zero-order chi connectivity index (χ0) is 16.9. The summed E-state index contributed by atoms with van der Waals surface area (Å²) in [6.07, 6.45) is 5.73. The first-order valence-electron chi connectivity index (χ1n) is 8.50. The molecule has 1 aliphatic rings. The highest BCUT2D eigenvalue weighted by molar-refractivity contribution is 5.98. The largest absolute Gasteiger partial charge is 0.496 e. The van der Waals surface area contributed by atoms with E-state index in [1.165, 1.54) is 36.0 Å². The molecule has 2 N–H and O–H groups in total. The van der Waals surface area contributed by atoms with E-state index in [1.807, 2.05) is 43.3 Å². The number of hydrogen-bond acceptors (Lipinski definition) is 3. The third-order valence-corrected chi connectivity index (χ3v) is 4.53. The standard InChI is InChI=1S/C20H24N2O2/c1-14-8-10-17(11-9-14)21-22-20(23)18-12-15-6-4-3-5-7-16(15)13-19(18)24-2/h8-13,21H,3-7H2,1-2H3,(H,22,23). The Balaban J connectivity index is 1.78. The van der Waals surface area contributed by atoms with Crippen molar-refractivity contribution in [3.8, 4) is 5.75 Å². The Hall–Kier alpha value is -2.49. The molecule has 0 heterocycles. The van der Waals surface area contributed by atoms with Gasteiger partial charge in [0, 0.05) is 0 Å². The van der Waals surface area contributed by atoms with Crippen LogP contribution in [0.4, 0.5) is 5.69 Å². The lowest BCUT2D eigenvalue weighted by atomic mass is 9.99. The van der Waals surface area contributed by atoms with E-state index in [0.29, 0.717) is 11.3 Å². The second-order valence-electron chi connectivity index (χ2n) is 6.33. The molecule has 4 nitrogen and oxygen atoms in total. The van der Waals surface area contributed by atoms with Crippen LogP contribution in [-0.4, -0.2) is 13.0 Å². The maximum atomic E-state index is 12.6. The number of fused-ring (bicyclic) bond motifs is 1. The number of benzene rings is 2. The average molecular weight is 324 g/mol. The second-order valence-corrected chi connectivity index (χ2v) is 6.33. The van der Waals surface area contributed by atoms with Gasteiger partial charge in [-0.15, -0.1) is 0 Å². The van der Waals surface area contributed by atoms with Crippen molar-refractivity contribution < 1.29 is 9.53 Å². The van der Waals surface area contributed by atoms with E-state index in [4.69, 9.17) is 4.74 Å². The van der Waals surface area contributed by atoms with E-state index in [-0.39, 0.29) is 5.91 Å². The molecule has 126 valence electrons. The van der Waals surface area contributed by atoms with E-state index in [0.717, 1.165) is 18.5 Å². The molecule has 0 aromatic heterocycles. The highest BCUT2D eigenvalue weighted by Gasteiger charge is 2.17. The molecule has 0 saturated heterocycles. The van der Waals surface area contributed by atoms with Gasteiger partial charge >= 0.3 is 0 Å². The van der Waals surface area contributed by atoms with Gasteiger partial charge in [0.05, 0.1) is 18.4 Å². The quantitative estimate of drug-likeness (QED) is 0.659. The van der Waals surface area contributed by atoms with Crippen LogP contribution >= 0.6 is 0 Å². The van der Waals surface area contributed by atoms with Crippen molar-refractivity contribution in [2.45, 2.75) is 39.0 Å². The first-order valence-corrected chi connectivity index (χ1v) is 8.50. The molecule has 0 unspecified atom stereocenters. The van der Waals surface area contributed by atoms with Crippen LogP contribution in [0.3, 0.4) is 0 Å². The molecular weight excluding hydrogens is 300 g/mol. The Kier molecular flexibility index (Phi) is 5.04. The van der Waals surface area contributed by atoms with E-state index >= 15 is 0 Å². The van der Waals surface area contributed by atoms with Crippen LogP contribution in [0.25, 0.3) is 0 Å². The average Bonchev–Trinajstić information content (AvgIpc) is 2.84. The summed E-state index contributed by atoms with van der Waals surface area (Å²) in [7, 11) is 1.61. The van der Waals surface area contributed by atoms with Crippen LogP contribution in [0, 0.1) is 6.92 Å². The van der Waals surface area contributed by atoms with Gasteiger partial charge < -0.3 is 4.74 Å². The van der Waals surface area contributed by atoms with E-state index in [2.05, 4.69) is 10.9 Å². The molecular formula is C20H24N2O2. The fourth-order valence-corrected chi connectivity index (χ4v) is 3.12. The lowest BCUT2D eigenvalue weighted by molar-refractivity contribution is 0.0959. The Morgan fingerprint density at radius 1 is 1.00 bits per heavy atom. The molecule has 0 aliphatic heterocycles. The van der Waals surface area contributed by atoms with Crippen molar-refractivity contribution in [1.29, 1.82) is 0 Å². The number of rotatable bonds is 4. The topological polar surface area (TPSA) is 50.4 Å². The first-order chi connectivity index (χ1) is 11.7. The molecule has 0 atom stereocenters. The van der Waals surface area contributed by atoms with Gasteiger partial charge in [-0.2, -0.15) is 0 Å². The van der Waals surface area contributed by atoms with Crippen molar-refractivity contribution in [2.24, 2.45) is 0 Å². The molecule has 0 fully saturated rings. The minimum Gasteiger partial charge on any atom is -0.496 e. The molecule has 0 saturated carbocycles. The number of anilines is 1. The Morgan fingerprint density at radius 3 is 2.33 bits per heavy atom. The fraction of sp³-hybridized carbons (Fsp3) is 0.350. The van der Waals surface area contributed by atoms with Crippen molar-refractivity contribution in [2.75, 3.05) is 12.5 Å². The summed E-state index contributed by atoms with van der Waals surface area (Å²) in [5.74, 6) is 0.457. The number of ether oxygens (including phenoxy) is 1. The lowest BCUT2D eigenvalue weighted by Gasteiger charge is -2.15. The Bertz CT molecular complexity index is 723. The Labute approximate surface area is 143 Å². The smallest absolute Gasteiger partial charge is 0.273 e. The van der Waals surface area contributed by atoms with Gasteiger partial charge in [0.15, 0.2) is 0 Å². The van der Waals surface area contributed by atoms with Crippen LogP contribution in [0.15, 0.2) is 36.4 Å². The van der Waals surface area contributed by atoms with Crippen LogP contribution in [0.1, 0.15) is 46.3 Å².